The van der Waals surface area contributed by atoms with Crippen LogP contribution in [-0.4, -0.2) is 52.8 Å². The molecule has 2 aromatic carbocycles. The van der Waals surface area contributed by atoms with E-state index in [0.29, 0.717) is 0 Å². The maximum atomic E-state index is 12.8. The maximum Gasteiger partial charge on any atom is 0.424 e. The molecule has 0 atom stereocenters. The Hall–Kier alpha value is -4.12. The minimum absolute atomic E-state index is 0.00354. The van der Waals surface area contributed by atoms with Crippen LogP contribution in [0.4, 0.5) is 14.4 Å². The van der Waals surface area contributed by atoms with Gasteiger partial charge in [-0.05, 0) is 38.3 Å². The number of hydrogen-bond donors (Lipinski definition) is 3. The number of benzene rings is 2. The van der Waals surface area contributed by atoms with Gasteiger partial charge in [-0.15, -0.1) is 0 Å². The van der Waals surface area contributed by atoms with E-state index in [2.05, 4.69) is 5.32 Å². The van der Waals surface area contributed by atoms with Gasteiger partial charge in [-0.25, -0.2) is 30.1 Å². The van der Waals surface area contributed by atoms with Crippen LogP contribution in [-0.2, 0) is 27.4 Å². The molecule has 0 unspecified atom stereocenters. The Kier molecular flexibility index (Phi) is 10.7. The van der Waals surface area contributed by atoms with E-state index in [1.165, 1.54) is 0 Å². The van der Waals surface area contributed by atoms with Crippen LogP contribution in [0.5, 0.6) is 0 Å². The maximum absolute atomic E-state index is 12.8. The lowest BCUT2D eigenvalue weighted by atomic mass is 10.2. The highest BCUT2D eigenvalue weighted by Crippen LogP contribution is 2.09. The van der Waals surface area contributed by atoms with E-state index < -0.39 is 29.8 Å². The lowest BCUT2D eigenvalue weighted by Crippen LogP contribution is -2.48. The number of hydrogen-bond acceptors (Lipinski definition) is 8. The van der Waals surface area contributed by atoms with E-state index in [1.807, 2.05) is 12.1 Å². The Bertz CT molecular complexity index is 1010. The number of carbonyl (C=O) groups excluding carboxylic acids is 3. The summed E-state index contributed by atoms with van der Waals surface area (Å²) in [6, 6.07) is 18.0. The molecule has 2 aromatic rings. The number of rotatable bonds is 8. The van der Waals surface area contributed by atoms with Crippen molar-refractivity contribution in [3.8, 4) is 0 Å². The van der Waals surface area contributed by atoms with Gasteiger partial charge in [0, 0.05) is 13.1 Å². The molecule has 0 aromatic heterocycles. The molecule has 0 aliphatic carbocycles. The highest BCUT2D eigenvalue weighted by molar-refractivity contribution is 5.99. The smallest absolute Gasteiger partial charge is 0.424 e. The second-order valence-corrected chi connectivity index (χ2v) is 8.75. The fourth-order valence-electron chi connectivity index (χ4n) is 2.83. The molecular formula is C25H33N5O6. The lowest BCUT2D eigenvalue weighted by Gasteiger charge is -2.26. The van der Waals surface area contributed by atoms with Gasteiger partial charge in [-0.3, -0.25) is 10.7 Å². The second kappa shape index (κ2) is 13.7. The summed E-state index contributed by atoms with van der Waals surface area (Å²) in [5.74, 6) is 5.22. The Morgan fingerprint density at radius 3 is 1.92 bits per heavy atom. The van der Waals surface area contributed by atoms with Crippen molar-refractivity contribution in [2.75, 3.05) is 13.1 Å². The van der Waals surface area contributed by atoms with Crippen molar-refractivity contribution in [2.24, 2.45) is 5.84 Å². The molecule has 4 N–H and O–H groups in total. The lowest BCUT2D eigenvalue weighted by molar-refractivity contribution is 0.0243. The van der Waals surface area contributed by atoms with Crippen LogP contribution in [0.1, 0.15) is 38.3 Å². The molecule has 3 amide bonds. The van der Waals surface area contributed by atoms with Gasteiger partial charge >= 0.3 is 18.3 Å². The fraction of sp³-hybridized carbons (Fsp3) is 0.360. The first-order valence-electron chi connectivity index (χ1n) is 11.3. The molecule has 0 spiro atoms. The predicted octanol–water partition coefficient (Wildman–Crippen LogP) is 3.99. The first kappa shape index (κ1) is 28.1. The van der Waals surface area contributed by atoms with Crippen molar-refractivity contribution in [1.29, 1.82) is 5.41 Å². The zero-order valence-electron chi connectivity index (χ0n) is 20.7. The molecule has 2 rings (SSSR count). The molecule has 194 valence electrons. The van der Waals surface area contributed by atoms with Crippen molar-refractivity contribution in [3.05, 3.63) is 71.8 Å². The Balaban J connectivity index is 1.96. The average Bonchev–Trinajstić information content (AvgIpc) is 2.84. The number of alkyl carbamates (subject to hydrolysis) is 1. The summed E-state index contributed by atoms with van der Waals surface area (Å²) in [4.78, 5) is 37.9. The molecule has 0 saturated heterocycles. The van der Waals surface area contributed by atoms with E-state index in [0.717, 1.165) is 21.0 Å². The van der Waals surface area contributed by atoms with Crippen LogP contribution < -0.4 is 11.2 Å². The van der Waals surface area contributed by atoms with Gasteiger partial charge in [0.25, 0.3) is 0 Å². The largest absolute Gasteiger partial charge is 0.444 e. The summed E-state index contributed by atoms with van der Waals surface area (Å²) in [7, 11) is 0. The van der Waals surface area contributed by atoms with Gasteiger partial charge < -0.3 is 14.2 Å². The third-order valence-corrected chi connectivity index (χ3v) is 4.54. The minimum Gasteiger partial charge on any atom is -0.444 e. The van der Waals surface area contributed by atoms with E-state index in [9.17, 15) is 14.4 Å². The topological polar surface area (TPSA) is 147 Å². The van der Waals surface area contributed by atoms with Gasteiger partial charge in [0.1, 0.15) is 18.8 Å². The van der Waals surface area contributed by atoms with Gasteiger partial charge in [-0.1, -0.05) is 60.7 Å². The van der Waals surface area contributed by atoms with Crippen LogP contribution in [0.25, 0.3) is 0 Å². The van der Waals surface area contributed by atoms with E-state index in [4.69, 9.17) is 25.5 Å². The van der Waals surface area contributed by atoms with Gasteiger partial charge in [-0.2, -0.15) is 0 Å². The molecule has 0 aliphatic heterocycles. The highest BCUT2D eigenvalue weighted by atomic mass is 16.6. The molecule has 11 nitrogen and oxygen atoms in total. The first-order chi connectivity index (χ1) is 17.0. The Labute approximate surface area is 210 Å². The van der Waals surface area contributed by atoms with Crippen molar-refractivity contribution < 1.29 is 28.6 Å². The first-order valence-corrected chi connectivity index (χ1v) is 11.3. The number of amides is 3. The van der Waals surface area contributed by atoms with E-state index in [1.54, 1.807) is 69.3 Å². The Morgan fingerprint density at radius 2 is 1.39 bits per heavy atom. The SMILES string of the molecule is CC(C)(C)OC(=O)N(N)CCCN(C(=N)NC(=O)OCc1ccccc1)C(=O)OCc1ccccc1. The Morgan fingerprint density at radius 1 is 0.861 bits per heavy atom. The summed E-state index contributed by atoms with van der Waals surface area (Å²) in [5, 5.41) is 11.3. The van der Waals surface area contributed by atoms with Crippen LogP contribution in [0.2, 0.25) is 0 Å². The summed E-state index contributed by atoms with van der Waals surface area (Å²) >= 11 is 0. The average molecular weight is 500 g/mol. The summed E-state index contributed by atoms with van der Waals surface area (Å²) in [5.41, 5.74) is 0.808. The van der Waals surface area contributed by atoms with Crippen LogP contribution >= 0.6 is 0 Å². The van der Waals surface area contributed by atoms with Crippen molar-refractivity contribution >= 4 is 24.2 Å². The third kappa shape index (κ3) is 10.4. The van der Waals surface area contributed by atoms with Crippen LogP contribution in [0.15, 0.2) is 60.7 Å². The molecule has 0 fully saturated rings. The van der Waals surface area contributed by atoms with E-state index in [-0.39, 0.29) is 32.7 Å². The summed E-state index contributed by atoms with van der Waals surface area (Å²) in [6.07, 6.45) is -2.30. The standard InChI is InChI=1S/C25H33N5O6/c1-25(2,3)36-24(33)30(27)16-10-15-29(23(32)35-18-20-13-8-5-9-14-20)21(26)28-22(31)34-17-19-11-6-4-7-12-19/h4-9,11-14H,10,15-18,27H2,1-3H3,(H2,26,28,31). The van der Waals surface area contributed by atoms with Gasteiger partial charge in [0.05, 0.1) is 0 Å². The van der Waals surface area contributed by atoms with E-state index >= 15 is 0 Å². The van der Waals surface area contributed by atoms with Crippen LogP contribution in [0.3, 0.4) is 0 Å². The summed E-state index contributed by atoms with van der Waals surface area (Å²) < 4.78 is 15.6. The second-order valence-electron chi connectivity index (χ2n) is 8.75. The predicted molar refractivity (Wildman–Crippen MR) is 133 cm³/mol. The number of ether oxygens (including phenoxy) is 3. The number of carbonyl (C=O) groups is 3. The number of hydrazine groups is 1. The monoisotopic (exact) mass is 499 g/mol. The zero-order valence-corrected chi connectivity index (χ0v) is 20.7. The molecule has 36 heavy (non-hydrogen) atoms. The minimum atomic E-state index is -0.904. The summed E-state index contributed by atoms with van der Waals surface area (Å²) in [6.45, 7) is 5.08. The normalized spacial score (nSPS) is 10.7. The number of nitrogens with one attached hydrogen (secondary N) is 2. The number of guanidine groups is 1. The molecule has 11 heteroatoms. The molecule has 0 saturated carbocycles. The molecule has 0 bridgehead atoms. The fourth-order valence-corrected chi connectivity index (χ4v) is 2.83. The highest BCUT2D eigenvalue weighted by Gasteiger charge is 2.24. The van der Waals surface area contributed by atoms with Crippen molar-refractivity contribution in [3.63, 3.8) is 0 Å². The molecule has 0 radical (unpaired) electrons. The third-order valence-electron chi connectivity index (χ3n) is 4.54. The van der Waals surface area contributed by atoms with Gasteiger partial charge in [0.2, 0.25) is 5.96 Å². The number of nitrogens with zero attached hydrogens (tertiary/aromatic N) is 2. The molecule has 0 aliphatic rings. The molecular weight excluding hydrogens is 466 g/mol. The van der Waals surface area contributed by atoms with Gasteiger partial charge in [0.15, 0.2) is 0 Å². The number of nitrogens with two attached hydrogens (primary N) is 1. The quantitative estimate of drug-likeness (QED) is 0.124. The zero-order chi connectivity index (χ0) is 26.6. The van der Waals surface area contributed by atoms with Crippen molar-refractivity contribution in [1.82, 2.24) is 15.2 Å². The molecule has 0 heterocycles. The van der Waals surface area contributed by atoms with Crippen LogP contribution in [0, 0.1) is 5.41 Å². The van der Waals surface area contributed by atoms with Crippen molar-refractivity contribution in [2.45, 2.75) is 46.0 Å².